The molecule has 2 fully saturated rings. The van der Waals surface area contributed by atoms with Gasteiger partial charge in [-0.05, 0) is 93.7 Å². The number of hydrogen-bond acceptors (Lipinski definition) is 5. The number of pyridine rings is 1. The van der Waals surface area contributed by atoms with Crippen molar-refractivity contribution < 1.29 is 0 Å². The van der Waals surface area contributed by atoms with Crippen LogP contribution >= 0.6 is 9.24 Å². The predicted octanol–water partition coefficient (Wildman–Crippen LogP) is 8.58. The van der Waals surface area contributed by atoms with Gasteiger partial charge in [0.25, 0.3) is 0 Å². The number of aromatic nitrogens is 1. The number of terminal acetylenes is 1. The summed E-state index contributed by atoms with van der Waals surface area (Å²) in [5, 5.41) is 1.29. The van der Waals surface area contributed by atoms with Crippen LogP contribution in [0.3, 0.4) is 0 Å². The third-order valence-electron chi connectivity index (χ3n) is 10.0. The summed E-state index contributed by atoms with van der Waals surface area (Å²) in [6.45, 7) is 19.5. The second kappa shape index (κ2) is 17.2. The minimum atomic E-state index is 0.0882. The number of allylic oxidation sites excluding steroid dienone is 1. The molecular formula is C40H58N5P. The van der Waals surface area contributed by atoms with E-state index in [0.29, 0.717) is 6.54 Å². The highest BCUT2D eigenvalue weighted by molar-refractivity contribution is 7.19. The molecule has 0 aliphatic carbocycles. The van der Waals surface area contributed by atoms with Crippen molar-refractivity contribution in [3.63, 3.8) is 0 Å². The van der Waals surface area contributed by atoms with Crippen molar-refractivity contribution in [1.82, 2.24) is 19.7 Å². The Kier molecular flexibility index (Phi) is 13.3. The van der Waals surface area contributed by atoms with Gasteiger partial charge in [-0.2, -0.15) is 0 Å². The van der Waals surface area contributed by atoms with Gasteiger partial charge < -0.3 is 19.7 Å². The lowest BCUT2D eigenvalue weighted by atomic mass is 9.90. The maximum absolute atomic E-state index is 5.88. The van der Waals surface area contributed by atoms with E-state index in [1.165, 1.54) is 81.1 Å². The highest BCUT2D eigenvalue weighted by Gasteiger charge is 2.37. The number of rotatable bonds is 17. The number of nitrogens with zero attached hydrogens (tertiary/aromatic N) is 5. The van der Waals surface area contributed by atoms with Gasteiger partial charge in [0.05, 0.1) is 18.1 Å². The summed E-state index contributed by atoms with van der Waals surface area (Å²) in [5.41, 5.74) is 6.89. The molecule has 3 unspecified atom stereocenters. The molecule has 1 aromatic heterocycles. The molecule has 0 spiro atoms. The number of aryl methyl sites for hydroxylation is 1. The van der Waals surface area contributed by atoms with Crippen molar-refractivity contribution in [3.8, 4) is 12.3 Å². The van der Waals surface area contributed by atoms with Gasteiger partial charge in [-0.1, -0.05) is 57.9 Å². The van der Waals surface area contributed by atoms with E-state index in [4.69, 9.17) is 6.42 Å². The van der Waals surface area contributed by atoms with Crippen molar-refractivity contribution in [3.05, 3.63) is 72.7 Å². The number of likely N-dealkylation sites (N-methyl/N-ethyl adjacent to an activating group) is 1. The standard InChI is InChI=1S/C40H58N5P/c1-8-36-28-40(5,46)30-45(36)32(3)29-43(7)33(4)37-20-24-42-39-19-18-35(27-38(37)39)17-13-12-16-34-21-25-44(26-22-34)31(2)15-11-9-10-14-23-41-6/h1,18-20,23-24,27,34,36H,2-4,9-17,21-22,25-26,28-30,46H2,5-7H3. The lowest BCUT2D eigenvalue weighted by Crippen LogP contribution is -2.34. The molecule has 2 aromatic rings. The number of likely N-dealkylation sites (tertiary alicyclic amines) is 2. The third-order valence-corrected chi connectivity index (χ3v) is 10.5. The first-order valence-electron chi connectivity index (χ1n) is 17.4. The zero-order valence-corrected chi connectivity index (χ0v) is 30.1. The molecule has 3 heterocycles. The first-order valence-corrected chi connectivity index (χ1v) is 18.0. The predicted molar refractivity (Wildman–Crippen MR) is 203 cm³/mol. The molecule has 46 heavy (non-hydrogen) atoms. The van der Waals surface area contributed by atoms with Crippen LogP contribution in [0.15, 0.2) is 66.6 Å². The Morgan fingerprint density at radius 3 is 2.65 bits per heavy atom. The molecule has 5 nitrogen and oxygen atoms in total. The van der Waals surface area contributed by atoms with Crippen LogP contribution in [-0.2, 0) is 6.42 Å². The van der Waals surface area contributed by atoms with Gasteiger partial charge in [0.2, 0.25) is 0 Å². The van der Waals surface area contributed by atoms with Gasteiger partial charge in [0, 0.05) is 73.1 Å². The van der Waals surface area contributed by atoms with Crippen LogP contribution in [0.25, 0.3) is 16.6 Å². The number of benzene rings is 1. The number of hydrogen-bond donors (Lipinski definition) is 0. The molecule has 0 bridgehead atoms. The van der Waals surface area contributed by atoms with Crippen molar-refractivity contribution >= 4 is 32.1 Å². The van der Waals surface area contributed by atoms with Crippen molar-refractivity contribution in [2.45, 2.75) is 95.2 Å². The molecule has 2 aliphatic rings. The summed E-state index contributed by atoms with van der Waals surface area (Å²) < 4.78 is 0. The van der Waals surface area contributed by atoms with Gasteiger partial charge in [-0.25, -0.2) is 0 Å². The van der Waals surface area contributed by atoms with E-state index in [9.17, 15) is 0 Å². The minimum Gasteiger partial charge on any atom is -0.375 e. The maximum atomic E-state index is 5.88. The third kappa shape index (κ3) is 9.95. The first-order chi connectivity index (χ1) is 22.1. The van der Waals surface area contributed by atoms with Gasteiger partial charge in [0.15, 0.2) is 0 Å². The molecule has 0 N–H and O–H groups in total. The maximum Gasteiger partial charge on any atom is 0.0908 e. The van der Waals surface area contributed by atoms with Crippen LogP contribution < -0.4 is 0 Å². The molecule has 2 saturated heterocycles. The minimum absolute atomic E-state index is 0.0882. The van der Waals surface area contributed by atoms with Crippen molar-refractivity contribution in [2.24, 2.45) is 10.9 Å². The smallest absolute Gasteiger partial charge is 0.0908 e. The van der Waals surface area contributed by atoms with E-state index >= 15 is 0 Å². The zero-order valence-electron chi connectivity index (χ0n) is 28.9. The summed E-state index contributed by atoms with van der Waals surface area (Å²) in [6, 6.07) is 8.94. The van der Waals surface area contributed by atoms with E-state index in [1.807, 2.05) is 19.5 Å². The monoisotopic (exact) mass is 639 g/mol. The fraction of sp³-hybridized carbons (Fsp3) is 0.550. The van der Waals surface area contributed by atoms with Crippen LogP contribution in [0.1, 0.15) is 88.7 Å². The van der Waals surface area contributed by atoms with Crippen LogP contribution in [0.2, 0.25) is 0 Å². The van der Waals surface area contributed by atoms with Gasteiger partial charge in [-0.3, -0.25) is 4.98 Å². The molecule has 6 heteroatoms. The van der Waals surface area contributed by atoms with E-state index < -0.39 is 0 Å². The first kappa shape index (κ1) is 35.8. The summed E-state index contributed by atoms with van der Waals surface area (Å²) >= 11 is 0. The van der Waals surface area contributed by atoms with Crippen LogP contribution in [0.5, 0.6) is 0 Å². The Hall–Kier alpha value is -3.09. The average Bonchev–Trinajstić information content (AvgIpc) is 3.38. The summed E-state index contributed by atoms with van der Waals surface area (Å²) in [4.78, 5) is 15.8. The zero-order chi connectivity index (χ0) is 33.1. The number of aliphatic imine (C=N–C) groups is 1. The number of fused-ring (bicyclic) bond motifs is 1. The number of unbranched alkanes of at least 4 members (excludes halogenated alkanes) is 4. The molecule has 248 valence electrons. The molecule has 4 rings (SSSR count). The summed E-state index contributed by atoms with van der Waals surface area (Å²) in [6.07, 6.45) is 24.3. The molecule has 0 radical (unpaired) electrons. The van der Waals surface area contributed by atoms with Crippen LogP contribution in [0.4, 0.5) is 0 Å². The van der Waals surface area contributed by atoms with E-state index in [2.05, 4.69) is 97.8 Å². The average molecular weight is 640 g/mol. The molecule has 2 aliphatic heterocycles. The second-order valence-corrected chi connectivity index (χ2v) is 15.4. The van der Waals surface area contributed by atoms with E-state index in [0.717, 1.165) is 60.6 Å². The van der Waals surface area contributed by atoms with Crippen LogP contribution in [-0.4, -0.2) is 77.4 Å². The Balaban J connectivity index is 1.23. The molecule has 0 saturated carbocycles. The Morgan fingerprint density at radius 1 is 1.13 bits per heavy atom. The molecule has 0 amide bonds. The Morgan fingerprint density at radius 2 is 1.91 bits per heavy atom. The quantitative estimate of drug-likeness (QED) is 0.0752. The molecule has 3 atom stereocenters. The van der Waals surface area contributed by atoms with Crippen molar-refractivity contribution in [1.29, 1.82) is 0 Å². The van der Waals surface area contributed by atoms with Crippen LogP contribution in [0, 0.1) is 18.3 Å². The Bertz CT molecular complexity index is 1410. The Labute approximate surface area is 282 Å². The lowest BCUT2D eigenvalue weighted by Gasteiger charge is -2.35. The van der Waals surface area contributed by atoms with Gasteiger partial charge in [-0.15, -0.1) is 15.7 Å². The van der Waals surface area contributed by atoms with Crippen molar-refractivity contribution in [2.75, 3.05) is 40.3 Å². The van der Waals surface area contributed by atoms with Gasteiger partial charge >= 0.3 is 0 Å². The summed E-state index contributed by atoms with van der Waals surface area (Å²) in [5.74, 6) is 3.81. The SMILES string of the molecule is C#CC1CC(C)(P)CN1C(=C)CN(C)C(=C)c1ccnc2ccc(CCCCC3CCN(C(=C)CCCCCC=NC)CC3)cc12. The van der Waals surface area contributed by atoms with E-state index in [1.54, 1.807) is 0 Å². The molecular weight excluding hydrogens is 581 g/mol. The fourth-order valence-corrected chi connectivity index (χ4v) is 7.61. The number of piperidine rings is 1. The highest BCUT2D eigenvalue weighted by Crippen LogP contribution is 2.36. The van der Waals surface area contributed by atoms with E-state index in [-0.39, 0.29) is 11.2 Å². The highest BCUT2D eigenvalue weighted by atomic mass is 31.0. The topological polar surface area (TPSA) is 35.0 Å². The molecule has 1 aromatic carbocycles. The second-order valence-electron chi connectivity index (χ2n) is 14.0. The lowest BCUT2D eigenvalue weighted by molar-refractivity contribution is 0.211. The fourth-order valence-electron chi connectivity index (χ4n) is 7.19. The van der Waals surface area contributed by atoms with Gasteiger partial charge in [0.1, 0.15) is 0 Å². The largest absolute Gasteiger partial charge is 0.375 e. The summed E-state index contributed by atoms with van der Waals surface area (Å²) in [7, 11) is 6.92. The normalized spacial score (nSPS) is 20.4.